The molecule has 0 unspecified atom stereocenters. The van der Waals surface area contributed by atoms with Crippen molar-refractivity contribution in [2.75, 3.05) is 13.2 Å². The average Bonchev–Trinajstić information content (AvgIpc) is 3.28. The number of carbonyl (C=O) groups is 2. The number of benzene rings is 2. The topological polar surface area (TPSA) is 79.7 Å². The van der Waals surface area contributed by atoms with Gasteiger partial charge in [-0.1, -0.05) is 30.3 Å². The van der Waals surface area contributed by atoms with Gasteiger partial charge in [0.25, 0.3) is 5.91 Å². The fourth-order valence-corrected chi connectivity index (χ4v) is 4.59. The van der Waals surface area contributed by atoms with E-state index in [1.54, 1.807) is 18.2 Å². The van der Waals surface area contributed by atoms with E-state index in [1.165, 1.54) is 11.3 Å². The predicted octanol–water partition coefficient (Wildman–Crippen LogP) is 3.99. The third-order valence-electron chi connectivity index (χ3n) is 5.14. The summed E-state index contributed by atoms with van der Waals surface area (Å²) in [6.07, 6.45) is 2.86. The molecule has 156 valence electrons. The quantitative estimate of drug-likeness (QED) is 0.579. The summed E-state index contributed by atoms with van der Waals surface area (Å²) >= 11 is 1.51. The Hall–Kier alpha value is -2.19. The third-order valence-corrected chi connectivity index (χ3v) is 6.09. The summed E-state index contributed by atoms with van der Waals surface area (Å²) in [6.45, 7) is 0.685. The second-order valence-electron chi connectivity index (χ2n) is 7.16. The van der Waals surface area contributed by atoms with E-state index in [0.29, 0.717) is 12.3 Å². The van der Waals surface area contributed by atoms with Gasteiger partial charge in [-0.2, -0.15) is 0 Å². The van der Waals surface area contributed by atoms with Crippen LogP contribution in [-0.4, -0.2) is 69.6 Å². The average molecular weight is 447 g/mol. The van der Waals surface area contributed by atoms with Crippen LogP contribution in [0.2, 0.25) is 0 Å². The zero-order valence-corrected chi connectivity index (χ0v) is 17.2. The first-order valence-corrected chi connectivity index (χ1v) is 10.8. The van der Waals surface area contributed by atoms with Crippen LogP contribution in [0.5, 0.6) is 5.75 Å². The molecule has 1 aromatic heterocycles. The molecule has 0 saturated carbocycles. The molecule has 3 aromatic rings. The Morgan fingerprint density at radius 1 is 1.13 bits per heavy atom. The van der Waals surface area contributed by atoms with Crippen molar-refractivity contribution < 1.29 is 19.4 Å². The van der Waals surface area contributed by atoms with Crippen molar-refractivity contribution in [1.82, 2.24) is 9.88 Å². The molecule has 1 atom stereocenters. The van der Waals surface area contributed by atoms with Gasteiger partial charge < -0.3 is 14.7 Å². The molecule has 2 aromatic carbocycles. The van der Waals surface area contributed by atoms with Gasteiger partial charge >= 0.3 is 35.5 Å². The van der Waals surface area contributed by atoms with Crippen molar-refractivity contribution in [3.63, 3.8) is 0 Å². The maximum absolute atomic E-state index is 12.9. The van der Waals surface area contributed by atoms with Gasteiger partial charge in [-0.25, -0.2) is 9.78 Å². The number of carboxylic acid groups (broad SMARTS) is 1. The van der Waals surface area contributed by atoms with Crippen LogP contribution in [0, 0.1) is 0 Å². The van der Waals surface area contributed by atoms with Crippen LogP contribution < -0.4 is 4.74 Å². The Morgan fingerprint density at radius 2 is 1.94 bits per heavy atom. The van der Waals surface area contributed by atoms with Crippen LogP contribution in [-0.2, 0) is 4.79 Å². The SMILES string of the molecule is O=C(O)c1cccc(-c2csc([C@H]3CCCCN3C(=O)COc3ccccc3)n2)c1.[NaH]. The fraction of sp³-hybridized carbons (Fsp3) is 0.261. The minimum absolute atomic E-state index is 0. The summed E-state index contributed by atoms with van der Waals surface area (Å²) in [5, 5.41) is 12.0. The number of thiazole rings is 1. The van der Waals surface area contributed by atoms with Crippen LogP contribution in [0.15, 0.2) is 60.0 Å². The molecule has 0 radical (unpaired) electrons. The molecule has 8 heteroatoms. The molecule has 1 N–H and O–H groups in total. The second-order valence-corrected chi connectivity index (χ2v) is 8.05. The summed E-state index contributed by atoms with van der Waals surface area (Å²) < 4.78 is 5.65. The number of hydrogen-bond donors (Lipinski definition) is 1. The number of aromatic carboxylic acids is 1. The molecule has 6 nitrogen and oxygen atoms in total. The zero-order valence-electron chi connectivity index (χ0n) is 16.4. The summed E-state index contributed by atoms with van der Waals surface area (Å²) in [6, 6.07) is 16.0. The number of piperidine rings is 1. The van der Waals surface area contributed by atoms with Crippen LogP contribution >= 0.6 is 11.3 Å². The van der Waals surface area contributed by atoms with Gasteiger partial charge in [0, 0.05) is 17.5 Å². The molecular weight excluding hydrogens is 423 g/mol. The van der Waals surface area contributed by atoms with Crippen molar-refractivity contribution in [2.24, 2.45) is 0 Å². The van der Waals surface area contributed by atoms with E-state index in [0.717, 1.165) is 35.5 Å². The fourth-order valence-electron chi connectivity index (χ4n) is 3.62. The molecule has 0 spiro atoms. The molecule has 1 aliphatic heterocycles. The Morgan fingerprint density at radius 3 is 2.71 bits per heavy atom. The number of aromatic nitrogens is 1. The number of amides is 1. The molecule has 31 heavy (non-hydrogen) atoms. The van der Waals surface area contributed by atoms with Gasteiger partial charge in [-0.15, -0.1) is 11.3 Å². The zero-order chi connectivity index (χ0) is 20.9. The van der Waals surface area contributed by atoms with E-state index in [2.05, 4.69) is 0 Å². The van der Waals surface area contributed by atoms with Crippen molar-refractivity contribution >= 4 is 52.8 Å². The van der Waals surface area contributed by atoms with Crippen molar-refractivity contribution in [1.29, 1.82) is 0 Å². The first kappa shape index (κ1) is 23.5. The van der Waals surface area contributed by atoms with E-state index < -0.39 is 5.97 Å². The maximum atomic E-state index is 12.9. The van der Waals surface area contributed by atoms with Crippen LogP contribution in [0.4, 0.5) is 0 Å². The molecule has 2 heterocycles. The molecule has 0 bridgehead atoms. The number of ether oxygens (including phenoxy) is 1. The van der Waals surface area contributed by atoms with Crippen molar-refractivity contribution in [3.05, 3.63) is 70.5 Å². The van der Waals surface area contributed by atoms with Crippen molar-refractivity contribution in [3.8, 4) is 17.0 Å². The molecule has 0 aliphatic carbocycles. The standard InChI is InChI=1S/C23H22N2O4S.Na.H/c26-21(14-29-18-9-2-1-3-10-18)25-12-5-4-11-20(25)22-24-19(15-30-22)16-7-6-8-17(13-16)23(27)28;;/h1-3,6-10,13,15,20H,4-5,11-12,14H2,(H,27,28);;/t20-;;/m1../s1. The van der Waals surface area contributed by atoms with Gasteiger partial charge in [0.1, 0.15) is 10.8 Å². The van der Waals surface area contributed by atoms with Gasteiger partial charge in [-0.3, -0.25) is 4.79 Å². The molecule has 1 saturated heterocycles. The van der Waals surface area contributed by atoms with Crippen LogP contribution in [0.1, 0.15) is 40.7 Å². The van der Waals surface area contributed by atoms with Crippen LogP contribution in [0.25, 0.3) is 11.3 Å². The number of nitrogens with zero attached hydrogens (tertiary/aromatic N) is 2. The van der Waals surface area contributed by atoms with Crippen LogP contribution in [0.3, 0.4) is 0 Å². The van der Waals surface area contributed by atoms with Gasteiger partial charge in [0.2, 0.25) is 0 Å². The second kappa shape index (κ2) is 10.9. The third kappa shape index (κ3) is 5.74. The Balaban J connectivity index is 0.00000272. The first-order chi connectivity index (χ1) is 14.6. The first-order valence-electron chi connectivity index (χ1n) is 9.88. The normalized spacial score (nSPS) is 15.7. The molecular formula is C23H23N2NaO4S. The van der Waals surface area contributed by atoms with E-state index in [1.807, 2.05) is 46.7 Å². The number of para-hydroxylation sites is 1. The molecule has 1 aliphatic rings. The monoisotopic (exact) mass is 446 g/mol. The molecule has 4 rings (SSSR count). The van der Waals surface area contributed by atoms with Gasteiger partial charge in [0.15, 0.2) is 6.61 Å². The molecule has 1 fully saturated rings. The van der Waals surface area contributed by atoms with E-state index >= 15 is 0 Å². The number of likely N-dealkylation sites (tertiary alicyclic amines) is 1. The van der Waals surface area contributed by atoms with E-state index in [-0.39, 0.29) is 53.7 Å². The van der Waals surface area contributed by atoms with Gasteiger partial charge in [-0.05, 0) is 43.5 Å². The summed E-state index contributed by atoms with van der Waals surface area (Å²) in [5.74, 6) is -0.336. The summed E-state index contributed by atoms with van der Waals surface area (Å²) in [5.41, 5.74) is 1.73. The predicted molar refractivity (Wildman–Crippen MR) is 122 cm³/mol. The van der Waals surface area contributed by atoms with Gasteiger partial charge in [0.05, 0.1) is 17.3 Å². The minimum atomic E-state index is -0.963. The summed E-state index contributed by atoms with van der Waals surface area (Å²) in [4.78, 5) is 30.7. The number of carbonyl (C=O) groups excluding carboxylic acids is 1. The Bertz CT molecular complexity index is 1040. The van der Waals surface area contributed by atoms with E-state index in [9.17, 15) is 14.7 Å². The number of rotatable bonds is 6. The number of hydrogen-bond acceptors (Lipinski definition) is 5. The molecule has 1 amide bonds. The Labute approximate surface area is 207 Å². The number of carboxylic acids is 1. The summed E-state index contributed by atoms with van der Waals surface area (Å²) in [7, 11) is 0. The van der Waals surface area contributed by atoms with Crippen molar-refractivity contribution in [2.45, 2.75) is 25.3 Å². The van der Waals surface area contributed by atoms with E-state index in [4.69, 9.17) is 9.72 Å². The Kier molecular flexibility index (Phi) is 8.26.